The molecule has 0 saturated carbocycles. The van der Waals surface area contributed by atoms with Gasteiger partial charge >= 0.3 is 5.97 Å². The van der Waals surface area contributed by atoms with Gasteiger partial charge in [-0.3, -0.25) is 4.79 Å². The van der Waals surface area contributed by atoms with E-state index in [1.165, 1.54) is 19.1 Å². The molecule has 2 unspecified atom stereocenters. The highest BCUT2D eigenvalue weighted by Gasteiger charge is 2.51. The van der Waals surface area contributed by atoms with Gasteiger partial charge in [0.25, 0.3) is 6.43 Å². The molecule has 0 bridgehead atoms. The quantitative estimate of drug-likeness (QED) is 0.504. The van der Waals surface area contributed by atoms with Crippen LogP contribution in [0.2, 0.25) is 0 Å². The molecule has 0 spiro atoms. The van der Waals surface area contributed by atoms with Crippen molar-refractivity contribution in [2.75, 3.05) is 13.2 Å². The molecule has 0 radical (unpaired) electrons. The van der Waals surface area contributed by atoms with Crippen molar-refractivity contribution in [3.05, 3.63) is 29.8 Å². The maximum atomic E-state index is 13.6. The van der Waals surface area contributed by atoms with Crippen molar-refractivity contribution >= 4 is 5.97 Å². The van der Waals surface area contributed by atoms with E-state index in [1.807, 2.05) is 0 Å². The monoisotopic (exact) mass is 358 g/mol. The number of alkyl halides is 2. The van der Waals surface area contributed by atoms with E-state index < -0.39 is 29.8 Å². The van der Waals surface area contributed by atoms with E-state index in [0.717, 1.165) is 12.8 Å². The summed E-state index contributed by atoms with van der Waals surface area (Å²) in [4.78, 5) is 12.1. The van der Waals surface area contributed by atoms with E-state index in [0.29, 0.717) is 12.4 Å². The Balaban J connectivity index is 3.16. The predicted octanol–water partition coefficient (Wildman–Crippen LogP) is 4.15. The first kappa shape index (κ1) is 21.4. The van der Waals surface area contributed by atoms with E-state index in [1.54, 1.807) is 26.0 Å². The van der Waals surface area contributed by atoms with Gasteiger partial charge in [-0.2, -0.15) is 0 Å². The van der Waals surface area contributed by atoms with Crippen LogP contribution in [-0.2, 0) is 15.1 Å². The van der Waals surface area contributed by atoms with Gasteiger partial charge in [-0.05, 0) is 37.0 Å². The fourth-order valence-electron chi connectivity index (χ4n) is 2.73. The van der Waals surface area contributed by atoms with Crippen LogP contribution in [0.3, 0.4) is 0 Å². The molecule has 0 aliphatic carbocycles. The molecule has 1 rings (SSSR count). The molecule has 0 heterocycles. The summed E-state index contributed by atoms with van der Waals surface area (Å²) >= 11 is 0. The van der Waals surface area contributed by atoms with E-state index in [2.05, 4.69) is 6.92 Å². The molecule has 1 aromatic rings. The Morgan fingerprint density at radius 3 is 2.24 bits per heavy atom. The van der Waals surface area contributed by atoms with Crippen molar-refractivity contribution in [1.82, 2.24) is 0 Å². The standard InChI is InChI=1S/C19H28F2O4/c1-5-7-12-25-15-10-8-14(9-11-15)19(23,13(3)4)16(17(20)21)18(22)24-6-2/h8-11,13,16-17,23H,5-7,12H2,1-4H3. The first-order valence-electron chi connectivity index (χ1n) is 8.69. The molecule has 1 aromatic carbocycles. The Bertz CT molecular complexity index is 531. The number of carbonyl (C=O) groups excluding carboxylic acids is 1. The zero-order chi connectivity index (χ0) is 19.0. The first-order chi connectivity index (χ1) is 11.8. The molecule has 0 aromatic heterocycles. The number of hydrogen-bond donors (Lipinski definition) is 1. The number of benzene rings is 1. The summed E-state index contributed by atoms with van der Waals surface area (Å²) in [5.74, 6) is -3.09. The van der Waals surface area contributed by atoms with Crippen molar-refractivity contribution in [2.45, 2.75) is 52.6 Å². The van der Waals surface area contributed by atoms with Crippen LogP contribution in [0.15, 0.2) is 24.3 Å². The van der Waals surface area contributed by atoms with Crippen LogP contribution in [0.5, 0.6) is 5.75 Å². The van der Waals surface area contributed by atoms with Gasteiger partial charge in [-0.1, -0.05) is 39.3 Å². The topological polar surface area (TPSA) is 55.8 Å². The summed E-state index contributed by atoms with van der Waals surface area (Å²) < 4.78 is 37.5. The summed E-state index contributed by atoms with van der Waals surface area (Å²) in [5.41, 5.74) is -1.80. The Labute approximate surface area is 148 Å². The van der Waals surface area contributed by atoms with Crippen LogP contribution in [0.4, 0.5) is 8.78 Å². The minimum Gasteiger partial charge on any atom is -0.494 e. The molecule has 4 nitrogen and oxygen atoms in total. The fraction of sp³-hybridized carbons (Fsp3) is 0.632. The number of halogens is 2. The average molecular weight is 358 g/mol. The van der Waals surface area contributed by atoms with E-state index in [9.17, 15) is 18.7 Å². The highest BCUT2D eigenvalue weighted by molar-refractivity contribution is 5.75. The fourth-order valence-corrected chi connectivity index (χ4v) is 2.73. The van der Waals surface area contributed by atoms with Gasteiger partial charge in [0.1, 0.15) is 11.4 Å². The third-order valence-corrected chi connectivity index (χ3v) is 4.23. The molecule has 1 N–H and O–H groups in total. The van der Waals surface area contributed by atoms with Crippen LogP contribution in [0.1, 0.15) is 46.1 Å². The normalized spacial score (nSPS) is 15.1. The van der Waals surface area contributed by atoms with Gasteiger partial charge in [-0.25, -0.2) is 8.78 Å². The van der Waals surface area contributed by atoms with Crippen molar-refractivity contribution in [3.63, 3.8) is 0 Å². The minimum atomic E-state index is -3.05. The molecule has 0 aliphatic heterocycles. The van der Waals surface area contributed by atoms with Gasteiger partial charge in [0, 0.05) is 0 Å². The number of aliphatic hydroxyl groups is 1. The third-order valence-electron chi connectivity index (χ3n) is 4.23. The van der Waals surface area contributed by atoms with Crippen molar-refractivity contribution in [2.24, 2.45) is 11.8 Å². The Hall–Kier alpha value is -1.69. The van der Waals surface area contributed by atoms with Crippen molar-refractivity contribution in [1.29, 1.82) is 0 Å². The third kappa shape index (κ3) is 5.14. The summed E-state index contributed by atoms with van der Waals surface area (Å²) in [6.45, 7) is 7.32. The average Bonchev–Trinajstić information content (AvgIpc) is 2.55. The molecule has 0 saturated heterocycles. The SMILES string of the molecule is CCCCOc1ccc(C(O)(C(C)C)C(C(=O)OCC)C(F)F)cc1. The zero-order valence-corrected chi connectivity index (χ0v) is 15.3. The van der Waals surface area contributed by atoms with E-state index >= 15 is 0 Å². The predicted molar refractivity (Wildman–Crippen MR) is 91.7 cm³/mol. The summed E-state index contributed by atoms with van der Waals surface area (Å²) in [7, 11) is 0. The summed E-state index contributed by atoms with van der Waals surface area (Å²) in [6.07, 6.45) is -1.14. The maximum Gasteiger partial charge on any atom is 0.318 e. The highest BCUT2D eigenvalue weighted by atomic mass is 19.3. The molecular weight excluding hydrogens is 330 g/mol. The maximum absolute atomic E-state index is 13.6. The Kier molecular flexibility index (Phi) is 8.29. The van der Waals surface area contributed by atoms with Crippen molar-refractivity contribution < 1.29 is 28.2 Å². The molecule has 0 amide bonds. The van der Waals surface area contributed by atoms with Gasteiger partial charge in [0.2, 0.25) is 0 Å². The van der Waals surface area contributed by atoms with Gasteiger partial charge in [0.05, 0.1) is 13.2 Å². The number of rotatable bonds is 10. The molecule has 6 heteroatoms. The highest BCUT2D eigenvalue weighted by Crippen LogP contribution is 2.41. The summed E-state index contributed by atoms with van der Waals surface area (Å²) in [6, 6.07) is 6.28. The molecule has 25 heavy (non-hydrogen) atoms. The van der Waals surface area contributed by atoms with E-state index in [-0.39, 0.29) is 12.2 Å². The second-order valence-electron chi connectivity index (χ2n) is 6.27. The first-order valence-corrected chi connectivity index (χ1v) is 8.69. The zero-order valence-electron chi connectivity index (χ0n) is 15.3. The van der Waals surface area contributed by atoms with Gasteiger partial charge in [-0.15, -0.1) is 0 Å². The number of hydrogen-bond acceptors (Lipinski definition) is 4. The Morgan fingerprint density at radius 1 is 1.20 bits per heavy atom. The second-order valence-corrected chi connectivity index (χ2v) is 6.27. The minimum absolute atomic E-state index is 0.0273. The smallest absolute Gasteiger partial charge is 0.318 e. The van der Waals surface area contributed by atoms with E-state index in [4.69, 9.17) is 9.47 Å². The molecule has 142 valence electrons. The lowest BCUT2D eigenvalue weighted by Gasteiger charge is -2.38. The number of carbonyl (C=O) groups is 1. The summed E-state index contributed by atoms with van der Waals surface area (Å²) in [5, 5.41) is 11.1. The largest absolute Gasteiger partial charge is 0.494 e. The lowest BCUT2D eigenvalue weighted by atomic mass is 9.73. The molecular formula is C19H28F2O4. The number of esters is 1. The van der Waals surface area contributed by atoms with Crippen LogP contribution in [-0.4, -0.2) is 30.7 Å². The van der Waals surface area contributed by atoms with Crippen LogP contribution >= 0.6 is 0 Å². The van der Waals surface area contributed by atoms with Crippen LogP contribution < -0.4 is 4.74 Å². The number of ether oxygens (including phenoxy) is 2. The van der Waals surface area contributed by atoms with Gasteiger partial charge < -0.3 is 14.6 Å². The lowest BCUT2D eigenvalue weighted by Crippen LogP contribution is -2.48. The lowest BCUT2D eigenvalue weighted by molar-refractivity contribution is -0.178. The molecule has 0 aliphatic rings. The van der Waals surface area contributed by atoms with Crippen molar-refractivity contribution in [3.8, 4) is 5.75 Å². The Morgan fingerprint density at radius 2 is 1.80 bits per heavy atom. The molecule has 0 fully saturated rings. The molecule has 2 atom stereocenters. The van der Waals surface area contributed by atoms with Gasteiger partial charge in [0.15, 0.2) is 5.92 Å². The van der Waals surface area contributed by atoms with Crippen LogP contribution in [0, 0.1) is 11.8 Å². The van der Waals surface area contributed by atoms with Crippen LogP contribution in [0.25, 0.3) is 0 Å². The second kappa shape index (κ2) is 9.70. The number of unbranched alkanes of at least 4 members (excludes halogenated alkanes) is 1.